The number of aryl methyl sites for hydroxylation is 1. The van der Waals surface area contributed by atoms with Crippen LogP contribution in [-0.4, -0.2) is 72.6 Å². The molecule has 0 aliphatic carbocycles. The number of morpholine rings is 1. The number of nitrogens with zero attached hydrogens (tertiary/aromatic N) is 2. The summed E-state index contributed by atoms with van der Waals surface area (Å²) in [5, 5.41) is 11.6. The maximum Gasteiger partial charge on any atom is 0.295 e. The van der Waals surface area contributed by atoms with Gasteiger partial charge < -0.3 is 24.2 Å². The average Bonchev–Trinajstić information content (AvgIpc) is 3.25. The number of rotatable bonds is 10. The normalized spacial score (nSPS) is 19.0. The van der Waals surface area contributed by atoms with Crippen molar-refractivity contribution in [2.75, 3.05) is 46.0 Å². The first-order valence-corrected chi connectivity index (χ1v) is 14.1. The van der Waals surface area contributed by atoms with Crippen molar-refractivity contribution >= 4 is 17.4 Å². The quantitative estimate of drug-likeness (QED) is 0.205. The molecule has 8 heteroatoms. The van der Waals surface area contributed by atoms with E-state index >= 15 is 0 Å². The molecule has 5 rings (SSSR count). The molecule has 8 nitrogen and oxygen atoms in total. The van der Waals surface area contributed by atoms with E-state index in [-0.39, 0.29) is 11.3 Å². The van der Waals surface area contributed by atoms with Gasteiger partial charge in [-0.2, -0.15) is 0 Å². The van der Waals surface area contributed by atoms with Gasteiger partial charge in [0, 0.05) is 31.7 Å². The molecular formula is C33H36N2O6. The van der Waals surface area contributed by atoms with Gasteiger partial charge in [-0.1, -0.05) is 37.3 Å². The summed E-state index contributed by atoms with van der Waals surface area (Å²) >= 11 is 0. The van der Waals surface area contributed by atoms with Gasteiger partial charge in [0.25, 0.3) is 11.7 Å². The average molecular weight is 557 g/mol. The van der Waals surface area contributed by atoms with E-state index in [1.807, 2.05) is 68.4 Å². The Morgan fingerprint density at radius 2 is 1.71 bits per heavy atom. The molecule has 2 heterocycles. The van der Waals surface area contributed by atoms with E-state index in [1.54, 1.807) is 23.1 Å². The standard InChI is InChI=1S/C33H36N2O6/c1-3-18-40-28-13-12-25(21-23(28)2)31(36)29-30(24-8-7-11-27(22-24)41-26-9-5-4-6-10-26)35(33(38)32(29)37)15-14-34-16-19-39-20-17-34/h4-13,21-22,30,36H,3,14-20H2,1-2H3. The lowest BCUT2D eigenvalue weighted by Gasteiger charge is -2.31. The zero-order valence-corrected chi connectivity index (χ0v) is 23.5. The third-order valence-electron chi connectivity index (χ3n) is 7.36. The fourth-order valence-corrected chi connectivity index (χ4v) is 5.23. The minimum Gasteiger partial charge on any atom is -0.507 e. The van der Waals surface area contributed by atoms with E-state index in [1.165, 1.54) is 0 Å². The highest BCUT2D eigenvalue weighted by molar-refractivity contribution is 6.46. The number of aliphatic hydroxyl groups is 1. The molecule has 41 heavy (non-hydrogen) atoms. The largest absolute Gasteiger partial charge is 0.507 e. The van der Waals surface area contributed by atoms with Gasteiger partial charge in [-0.05, 0) is 66.9 Å². The number of ketones is 1. The summed E-state index contributed by atoms with van der Waals surface area (Å²) in [5.74, 6) is 0.428. The molecule has 1 amide bonds. The highest BCUT2D eigenvalue weighted by Gasteiger charge is 2.46. The predicted molar refractivity (Wildman–Crippen MR) is 156 cm³/mol. The summed E-state index contributed by atoms with van der Waals surface area (Å²) in [6.07, 6.45) is 0.877. The van der Waals surface area contributed by atoms with Crippen molar-refractivity contribution < 1.29 is 28.9 Å². The fraction of sp³-hybridized carbons (Fsp3) is 0.333. The molecule has 0 aromatic heterocycles. The van der Waals surface area contributed by atoms with Crippen LogP contribution in [0.15, 0.2) is 78.4 Å². The van der Waals surface area contributed by atoms with Crippen molar-refractivity contribution in [2.24, 2.45) is 0 Å². The Labute approximate surface area is 240 Å². The van der Waals surface area contributed by atoms with Gasteiger partial charge in [-0.15, -0.1) is 0 Å². The molecule has 0 radical (unpaired) electrons. The van der Waals surface area contributed by atoms with Crippen LogP contribution in [0, 0.1) is 6.92 Å². The third-order valence-corrected chi connectivity index (χ3v) is 7.36. The van der Waals surface area contributed by atoms with Crippen LogP contribution in [0.1, 0.15) is 36.1 Å². The monoisotopic (exact) mass is 556 g/mol. The molecule has 0 spiro atoms. The van der Waals surface area contributed by atoms with E-state index < -0.39 is 17.7 Å². The molecule has 2 aliphatic heterocycles. The van der Waals surface area contributed by atoms with Gasteiger partial charge in [0.05, 0.1) is 31.4 Å². The Morgan fingerprint density at radius 1 is 0.951 bits per heavy atom. The molecule has 0 bridgehead atoms. The van der Waals surface area contributed by atoms with E-state index in [2.05, 4.69) is 4.90 Å². The summed E-state index contributed by atoms with van der Waals surface area (Å²) in [6.45, 7) is 8.24. The number of benzene rings is 3. The van der Waals surface area contributed by atoms with Crippen LogP contribution in [0.5, 0.6) is 17.2 Å². The molecule has 0 saturated carbocycles. The van der Waals surface area contributed by atoms with Gasteiger partial charge in [-0.3, -0.25) is 14.5 Å². The van der Waals surface area contributed by atoms with Crippen LogP contribution in [0.4, 0.5) is 0 Å². The number of para-hydroxylation sites is 1. The number of aliphatic hydroxyl groups excluding tert-OH is 1. The minimum atomic E-state index is -0.772. The van der Waals surface area contributed by atoms with Gasteiger partial charge >= 0.3 is 0 Å². The Kier molecular flexibility index (Phi) is 9.01. The van der Waals surface area contributed by atoms with Crippen LogP contribution in [0.2, 0.25) is 0 Å². The Hall–Kier alpha value is -4.14. The second-order valence-corrected chi connectivity index (χ2v) is 10.3. The summed E-state index contributed by atoms with van der Waals surface area (Å²) in [4.78, 5) is 30.8. The first-order valence-electron chi connectivity index (χ1n) is 14.1. The third kappa shape index (κ3) is 6.45. The molecular weight excluding hydrogens is 520 g/mol. The molecule has 214 valence electrons. The van der Waals surface area contributed by atoms with E-state index in [4.69, 9.17) is 14.2 Å². The number of carbonyl (C=O) groups is 2. The number of ether oxygens (including phenoxy) is 3. The maximum absolute atomic E-state index is 13.5. The lowest BCUT2D eigenvalue weighted by atomic mass is 9.94. The molecule has 2 fully saturated rings. The summed E-state index contributed by atoms with van der Waals surface area (Å²) in [5.41, 5.74) is 2.04. The van der Waals surface area contributed by atoms with Crippen LogP contribution in [0.3, 0.4) is 0 Å². The number of likely N-dealkylation sites (tertiary alicyclic amines) is 1. The molecule has 1 N–H and O–H groups in total. The van der Waals surface area contributed by atoms with Crippen molar-refractivity contribution in [1.29, 1.82) is 0 Å². The van der Waals surface area contributed by atoms with Crippen molar-refractivity contribution in [3.05, 3.63) is 95.1 Å². The van der Waals surface area contributed by atoms with Crippen LogP contribution < -0.4 is 9.47 Å². The second kappa shape index (κ2) is 13.0. The Morgan fingerprint density at radius 3 is 2.44 bits per heavy atom. The molecule has 1 unspecified atom stereocenters. The summed E-state index contributed by atoms with van der Waals surface area (Å²) in [7, 11) is 0. The van der Waals surface area contributed by atoms with E-state index in [0.717, 1.165) is 30.8 Å². The SMILES string of the molecule is CCCOc1ccc(C(O)=C2C(=O)C(=O)N(CCN3CCOCC3)C2c2cccc(Oc3ccccc3)c2)cc1C. The zero-order chi connectivity index (χ0) is 28.8. The van der Waals surface area contributed by atoms with Gasteiger partial charge in [0.2, 0.25) is 0 Å². The van der Waals surface area contributed by atoms with E-state index in [0.29, 0.717) is 55.5 Å². The second-order valence-electron chi connectivity index (χ2n) is 10.3. The van der Waals surface area contributed by atoms with Gasteiger partial charge in [-0.25, -0.2) is 0 Å². The number of amides is 1. The first kappa shape index (κ1) is 28.4. The predicted octanol–water partition coefficient (Wildman–Crippen LogP) is 5.33. The smallest absolute Gasteiger partial charge is 0.295 e. The van der Waals surface area contributed by atoms with Crippen molar-refractivity contribution in [2.45, 2.75) is 26.3 Å². The van der Waals surface area contributed by atoms with Gasteiger partial charge in [0.1, 0.15) is 23.0 Å². The van der Waals surface area contributed by atoms with Crippen LogP contribution >= 0.6 is 0 Å². The lowest BCUT2D eigenvalue weighted by molar-refractivity contribution is -0.140. The Balaban J connectivity index is 1.53. The van der Waals surface area contributed by atoms with Crippen molar-refractivity contribution in [3.8, 4) is 17.2 Å². The fourth-order valence-electron chi connectivity index (χ4n) is 5.23. The maximum atomic E-state index is 13.5. The number of Topliss-reactive ketones (excluding diaryl/α,β-unsaturated/α-hetero) is 1. The molecule has 2 aliphatic rings. The van der Waals surface area contributed by atoms with Crippen LogP contribution in [0.25, 0.3) is 5.76 Å². The molecule has 2 saturated heterocycles. The number of hydrogen-bond donors (Lipinski definition) is 1. The zero-order valence-electron chi connectivity index (χ0n) is 23.5. The Bertz CT molecular complexity index is 1410. The molecule has 1 atom stereocenters. The molecule has 3 aromatic rings. The molecule has 3 aromatic carbocycles. The summed E-state index contributed by atoms with van der Waals surface area (Å²) < 4.78 is 17.3. The topological polar surface area (TPSA) is 88.5 Å². The number of hydrogen-bond acceptors (Lipinski definition) is 7. The van der Waals surface area contributed by atoms with Crippen molar-refractivity contribution in [1.82, 2.24) is 9.80 Å². The highest BCUT2D eigenvalue weighted by Crippen LogP contribution is 2.41. The van der Waals surface area contributed by atoms with Crippen LogP contribution in [-0.2, 0) is 14.3 Å². The van der Waals surface area contributed by atoms with Crippen molar-refractivity contribution in [3.63, 3.8) is 0 Å². The summed E-state index contributed by atoms with van der Waals surface area (Å²) in [6, 6.07) is 21.3. The lowest BCUT2D eigenvalue weighted by Crippen LogP contribution is -2.42. The van der Waals surface area contributed by atoms with E-state index in [9.17, 15) is 14.7 Å². The number of carbonyl (C=O) groups excluding carboxylic acids is 2. The minimum absolute atomic E-state index is 0.0652. The highest BCUT2D eigenvalue weighted by atomic mass is 16.5. The first-order chi connectivity index (χ1) is 20.0. The van der Waals surface area contributed by atoms with Gasteiger partial charge in [0.15, 0.2) is 0 Å².